The zero-order chi connectivity index (χ0) is 20.0. The largest absolute Gasteiger partial charge is 0.494 e. The fourth-order valence-electron chi connectivity index (χ4n) is 2.70. The summed E-state index contributed by atoms with van der Waals surface area (Å²) in [5, 5.41) is 5.76. The van der Waals surface area contributed by atoms with Crippen LogP contribution in [0.3, 0.4) is 0 Å². The van der Waals surface area contributed by atoms with Gasteiger partial charge in [0.05, 0.1) is 18.7 Å². The number of anilines is 2. The number of carbonyl (C=O) groups is 2. The molecule has 0 aliphatic carbocycles. The van der Waals surface area contributed by atoms with Crippen molar-refractivity contribution in [3.8, 4) is 5.75 Å². The maximum atomic E-state index is 12.6. The highest BCUT2D eigenvalue weighted by molar-refractivity contribution is 5.97. The van der Waals surface area contributed by atoms with E-state index in [-0.39, 0.29) is 23.7 Å². The Morgan fingerprint density at radius 3 is 2.26 bits per heavy atom. The number of hydrogen-bond acceptors (Lipinski definition) is 3. The van der Waals surface area contributed by atoms with E-state index in [0.717, 1.165) is 11.1 Å². The maximum Gasteiger partial charge on any atom is 0.231 e. The molecule has 1 atom stereocenters. The van der Waals surface area contributed by atoms with Crippen LogP contribution in [0.2, 0.25) is 0 Å². The number of amides is 2. The lowest BCUT2D eigenvalue weighted by atomic mass is 9.99. The van der Waals surface area contributed by atoms with Crippen LogP contribution >= 0.6 is 0 Å². The highest BCUT2D eigenvalue weighted by Gasteiger charge is 2.16. The van der Waals surface area contributed by atoms with Crippen molar-refractivity contribution in [2.24, 2.45) is 5.92 Å². The maximum absolute atomic E-state index is 12.6. The molecule has 2 N–H and O–H groups in total. The van der Waals surface area contributed by atoms with E-state index in [9.17, 15) is 9.59 Å². The van der Waals surface area contributed by atoms with Crippen molar-refractivity contribution in [2.75, 3.05) is 17.7 Å². The monoisotopic (exact) mass is 368 g/mol. The molecule has 0 aromatic heterocycles. The first-order chi connectivity index (χ1) is 12.8. The van der Waals surface area contributed by atoms with Crippen LogP contribution in [0, 0.1) is 12.8 Å². The van der Waals surface area contributed by atoms with Gasteiger partial charge in [0, 0.05) is 18.2 Å². The molecule has 0 saturated carbocycles. The molecule has 0 heterocycles. The smallest absolute Gasteiger partial charge is 0.231 e. The Kier molecular flexibility index (Phi) is 6.99. The summed E-state index contributed by atoms with van der Waals surface area (Å²) in [6.07, 6.45) is 0.440. The zero-order valence-corrected chi connectivity index (χ0v) is 16.6. The molecule has 0 aliphatic rings. The van der Waals surface area contributed by atoms with Crippen LogP contribution in [0.15, 0.2) is 42.5 Å². The molecule has 5 nitrogen and oxygen atoms in total. The van der Waals surface area contributed by atoms with Crippen molar-refractivity contribution in [1.29, 1.82) is 0 Å². The first-order valence-electron chi connectivity index (χ1n) is 9.15. The summed E-state index contributed by atoms with van der Waals surface area (Å²) in [5.41, 5.74) is 3.33. The summed E-state index contributed by atoms with van der Waals surface area (Å²) in [4.78, 5) is 24.5. The number of aryl methyl sites for hydroxylation is 1. The SMILES string of the molecule is COc1cc(NC(=O)C(C)c2ccc(C)cc2)ccc1NC(=O)CC(C)C. The second-order valence-electron chi connectivity index (χ2n) is 7.18. The van der Waals surface area contributed by atoms with Gasteiger partial charge in [0.1, 0.15) is 5.75 Å². The van der Waals surface area contributed by atoms with Crippen LogP contribution in [-0.2, 0) is 9.59 Å². The lowest BCUT2D eigenvalue weighted by Crippen LogP contribution is -2.19. The molecule has 0 saturated heterocycles. The molecule has 0 fully saturated rings. The highest BCUT2D eigenvalue weighted by atomic mass is 16.5. The average Bonchev–Trinajstić information content (AvgIpc) is 2.62. The van der Waals surface area contributed by atoms with E-state index in [0.29, 0.717) is 23.5 Å². The minimum atomic E-state index is -0.276. The predicted octanol–water partition coefficient (Wildman–Crippen LogP) is 4.73. The van der Waals surface area contributed by atoms with Gasteiger partial charge in [0.25, 0.3) is 0 Å². The van der Waals surface area contributed by atoms with Gasteiger partial charge < -0.3 is 15.4 Å². The molecule has 5 heteroatoms. The van der Waals surface area contributed by atoms with E-state index in [1.165, 1.54) is 7.11 Å². The van der Waals surface area contributed by atoms with E-state index < -0.39 is 0 Å². The van der Waals surface area contributed by atoms with Crippen LogP contribution in [0.25, 0.3) is 0 Å². The Balaban J connectivity index is 2.09. The van der Waals surface area contributed by atoms with E-state index in [4.69, 9.17) is 4.74 Å². The molecule has 2 amide bonds. The van der Waals surface area contributed by atoms with E-state index in [1.54, 1.807) is 18.2 Å². The third kappa shape index (κ3) is 5.84. The summed E-state index contributed by atoms with van der Waals surface area (Å²) in [7, 11) is 1.54. The third-order valence-electron chi connectivity index (χ3n) is 4.31. The number of carbonyl (C=O) groups excluding carboxylic acids is 2. The second kappa shape index (κ2) is 9.21. The lowest BCUT2D eigenvalue weighted by Gasteiger charge is -2.15. The molecule has 2 aromatic rings. The average molecular weight is 368 g/mol. The number of ether oxygens (including phenoxy) is 1. The van der Waals surface area contributed by atoms with E-state index in [1.807, 2.05) is 52.0 Å². The van der Waals surface area contributed by atoms with Gasteiger partial charge in [-0.05, 0) is 37.5 Å². The molecule has 0 spiro atoms. The Hall–Kier alpha value is -2.82. The van der Waals surface area contributed by atoms with Crippen molar-refractivity contribution in [2.45, 2.75) is 40.0 Å². The molecule has 27 heavy (non-hydrogen) atoms. The molecular weight excluding hydrogens is 340 g/mol. The van der Waals surface area contributed by atoms with Crippen LogP contribution in [0.4, 0.5) is 11.4 Å². The minimum absolute atomic E-state index is 0.0620. The van der Waals surface area contributed by atoms with E-state index >= 15 is 0 Å². The number of hydrogen-bond donors (Lipinski definition) is 2. The van der Waals surface area contributed by atoms with Gasteiger partial charge in [-0.25, -0.2) is 0 Å². The van der Waals surface area contributed by atoms with Crippen molar-refractivity contribution < 1.29 is 14.3 Å². The summed E-state index contributed by atoms with van der Waals surface area (Å²) in [6, 6.07) is 13.1. The summed E-state index contributed by atoms with van der Waals surface area (Å²) < 4.78 is 5.37. The van der Waals surface area contributed by atoms with Gasteiger partial charge >= 0.3 is 0 Å². The Bertz CT molecular complexity index is 798. The van der Waals surface area contributed by atoms with Crippen LogP contribution in [-0.4, -0.2) is 18.9 Å². The summed E-state index contributed by atoms with van der Waals surface area (Å²) in [6.45, 7) is 7.87. The molecule has 2 aromatic carbocycles. The quantitative estimate of drug-likeness (QED) is 0.742. The van der Waals surface area contributed by atoms with Gasteiger partial charge in [-0.15, -0.1) is 0 Å². The molecule has 0 aliphatic heterocycles. The Labute approximate surface area is 161 Å². The molecule has 1 unspecified atom stereocenters. The van der Waals surface area contributed by atoms with Crippen molar-refractivity contribution in [3.05, 3.63) is 53.6 Å². The lowest BCUT2D eigenvalue weighted by molar-refractivity contribution is -0.117. The van der Waals surface area contributed by atoms with Crippen LogP contribution < -0.4 is 15.4 Å². The number of methoxy groups -OCH3 is 1. The number of benzene rings is 2. The van der Waals surface area contributed by atoms with Crippen LogP contribution in [0.5, 0.6) is 5.75 Å². The normalized spacial score (nSPS) is 11.8. The first-order valence-corrected chi connectivity index (χ1v) is 9.15. The van der Waals surface area contributed by atoms with Gasteiger partial charge in [0.2, 0.25) is 11.8 Å². The second-order valence-corrected chi connectivity index (χ2v) is 7.18. The van der Waals surface area contributed by atoms with Crippen molar-refractivity contribution in [3.63, 3.8) is 0 Å². The fraction of sp³-hybridized carbons (Fsp3) is 0.364. The number of rotatable bonds is 7. The number of nitrogens with one attached hydrogen (secondary N) is 2. The van der Waals surface area contributed by atoms with Gasteiger partial charge in [-0.1, -0.05) is 43.7 Å². The van der Waals surface area contributed by atoms with Crippen molar-refractivity contribution >= 4 is 23.2 Å². The fourth-order valence-corrected chi connectivity index (χ4v) is 2.70. The molecule has 0 bridgehead atoms. The van der Waals surface area contributed by atoms with Crippen LogP contribution in [0.1, 0.15) is 44.2 Å². The van der Waals surface area contributed by atoms with E-state index in [2.05, 4.69) is 10.6 Å². The zero-order valence-electron chi connectivity index (χ0n) is 16.6. The molecular formula is C22H28N2O3. The molecule has 2 rings (SSSR count). The highest BCUT2D eigenvalue weighted by Crippen LogP contribution is 2.29. The molecule has 0 radical (unpaired) electrons. The summed E-state index contributed by atoms with van der Waals surface area (Å²) >= 11 is 0. The van der Waals surface area contributed by atoms with Gasteiger partial charge in [-0.2, -0.15) is 0 Å². The Morgan fingerprint density at radius 2 is 1.67 bits per heavy atom. The van der Waals surface area contributed by atoms with Crippen molar-refractivity contribution in [1.82, 2.24) is 0 Å². The summed E-state index contributed by atoms with van der Waals surface area (Å²) in [5.74, 6) is 0.346. The predicted molar refractivity (Wildman–Crippen MR) is 109 cm³/mol. The van der Waals surface area contributed by atoms with Gasteiger partial charge in [0.15, 0.2) is 0 Å². The third-order valence-corrected chi connectivity index (χ3v) is 4.31. The van der Waals surface area contributed by atoms with Gasteiger partial charge in [-0.3, -0.25) is 9.59 Å². The first kappa shape index (κ1) is 20.5. The molecule has 144 valence electrons. The topological polar surface area (TPSA) is 67.4 Å². The minimum Gasteiger partial charge on any atom is -0.494 e. The standard InChI is InChI=1S/C22H28N2O3/c1-14(2)12-21(25)24-19-11-10-18(13-20(19)27-5)23-22(26)16(4)17-8-6-15(3)7-9-17/h6-11,13-14,16H,12H2,1-5H3,(H,23,26)(H,24,25). The Morgan fingerprint density at radius 1 is 1.00 bits per heavy atom.